The number of aromatic amines is 1. The topological polar surface area (TPSA) is 257 Å². The van der Waals surface area contributed by atoms with Gasteiger partial charge in [0.2, 0.25) is 17.7 Å². The molecule has 5 unspecified atom stereocenters. The number of imidazole rings is 1. The van der Waals surface area contributed by atoms with E-state index >= 15 is 0 Å². The van der Waals surface area contributed by atoms with E-state index in [2.05, 4.69) is 20.6 Å². The SMILES string of the molecule is CC(O)C(NC(=O)C(CC(=O)O)NC(=O)C(N)CO)C(=O)NC(Cc1cnc[nH]1)C(=O)O. The van der Waals surface area contributed by atoms with E-state index in [1.807, 2.05) is 5.32 Å². The third-order valence-corrected chi connectivity index (χ3v) is 4.20. The highest BCUT2D eigenvalue weighted by Crippen LogP contribution is 2.03. The number of carboxylic acid groups (broad SMARTS) is 2. The van der Waals surface area contributed by atoms with Gasteiger partial charge in [-0.05, 0) is 6.92 Å². The van der Waals surface area contributed by atoms with E-state index in [4.69, 9.17) is 15.9 Å². The molecule has 1 rings (SSSR count). The lowest BCUT2D eigenvalue weighted by molar-refractivity contribution is -0.144. The van der Waals surface area contributed by atoms with Crippen molar-refractivity contribution in [1.29, 1.82) is 0 Å². The van der Waals surface area contributed by atoms with E-state index < -0.39 is 73.0 Å². The van der Waals surface area contributed by atoms with Crippen LogP contribution in [-0.4, -0.2) is 96.9 Å². The fraction of sp³-hybridized carbons (Fsp3) is 0.529. The largest absolute Gasteiger partial charge is 0.481 e. The summed E-state index contributed by atoms with van der Waals surface area (Å²) in [4.78, 5) is 65.8. The highest BCUT2D eigenvalue weighted by Gasteiger charge is 2.33. The number of amides is 3. The van der Waals surface area contributed by atoms with E-state index in [0.717, 1.165) is 6.92 Å². The molecule has 0 aromatic carbocycles. The maximum atomic E-state index is 12.6. The highest BCUT2D eigenvalue weighted by molar-refractivity contribution is 5.95. The van der Waals surface area contributed by atoms with Crippen LogP contribution < -0.4 is 21.7 Å². The molecular weight excluding hydrogens is 432 g/mol. The Balaban J connectivity index is 2.93. The zero-order valence-electron chi connectivity index (χ0n) is 17.0. The Kier molecular flexibility index (Phi) is 10.2. The quantitative estimate of drug-likeness (QED) is 0.136. The van der Waals surface area contributed by atoms with E-state index in [1.54, 1.807) is 0 Å². The number of carboxylic acids is 2. The molecule has 178 valence electrons. The normalized spacial score (nSPS) is 15.5. The number of aliphatic hydroxyl groups is 2. The number of hydrogen-bond donors (Lipinski definition) is 9. The average molecular weight is 458 g/mol. The first-order valence-corrected chi connectivity index (χ1v) is 9.33. The molecule has 0 bridgehead atoms. The zero-order chi connectivity index (χ0) is 24.4. The van der Waals surface area contributed by atoms with Gasteiger partial charge < -0.3 is 47.1 Å². The van der Waals surface area contributed by atoms with Crippen molar-refractivity contribution < 1.29 is 44.4 Å². The molecule has 0 radical (unpaired) electrons. The lowest BCUT2D eigenvalue weighted by atomic mass is 10.1. The van der Waals surface area contributed by atoms with Gasteiger partial charge in [-0.3, -0.25) is 19.2 Å². The molecule has 1 aromatic heterocycles. The van der Waals surface area contributed by atoms with Gasteiger partial charge in [-0.25, -0.2) is 9.78 Å². The van der Waals surface area contributed by atoms with Crippen molar-refractivity contribution in [2.75, 3.05) is 6.61 Å². The average Bonchev–Trinajstić information content (AvgIpc) is 3.22. The van der Waals surface area contributed by atoms with Crippen LogP contribution in [0.2, 0.25) is 0 Å². The summed E-state index contributed by atoms with van der Waals surface area (Å²) in [6.07, 6.45) is 0.0990. The Morgan fingerprint density at radius 3 is 2.16 bits per heavy atom. The number of nitrogens with one attached hydrogen (secondary N) is 4. The number of rotatable bonds is 13. The summed E-state index contributed by atoms with van der Waals surface area (Å²) in [6.45, 7) is 0.376. The second-order valence-corrected chi connectivity index (χ2v) is 6.86. The minimum Gasteiger partial charge on any atom is -0.481 e. The predicted molar refractivity (Wildman–Crippen MR) is 105 cm³/mol. The van der Waals surface area contributed by atoms with E-state index in [1.165, 1.54) is 12.5 Å². The van der Waals surface area contributed by atoms with E-state index in [9.17, 15) is 34.2 Å². The third-order valence-electron chi connectivity index (χ3n) is 4.20. The molecule has 15 heteroatoms. The number of nitrogens with zero attached hydrogens (tertiary/aromatic N) is 1. The molecule has 1 heterocycles. The van der Waals surface area contributed by atoms with Crippen LogP contribution in [0.3, 0.4) is 0 Å². The van der Waals surface area contributed by atoms with Crippen LogP contribution in [0.15, 0.2) is 12.5 Å². The summed E-state index contributed by atoms with van der Waals surface area (Å²) < 4.78 is 0. The molecule has 3 amide bonds. The molecule has 32 heavy (non-hydrogen) atoms. The number of nitrogens with two attached hydrogens (primary N) is 1. The first kappa shape index (κ1) is 26.5. The van der Waals surface area contributed by atoms with Crippen molar-refractivity contribution in [3.05, 3.63) is 18.2 Å². The molecule has 0 spiro atoms. The lowest BCUT2D eigenvalue weighted by Gasteiger charge is -2.25. The highest BCUT2D eigenvalue weighted by atomic mass is 16.4. The zero-order valence-corrected chi connectivity index (χ0v) is 17.0. The molecular formula is C17H26N6O9. The number of carbonyl (C=O) groups is 5. The van der Waals surface area contributed by atoms with Crippen molar-refractivity contribution >= 4 is 29.7 Å². The first-order chi connectivity index (χ1) is 15.0. The summed E-state index contributed by atoms with van der Waals surface area (Å²) >= 11 is 0. The Hall–Kier alpha value is -3.56. The number of hydrogen-bond acceptors (Lipinski definition) is 9. The predicted octanol–water partition coefficient (Wildman–Crippen LogP) is -4.33. The van der Waals surface area contributed by atoms with Gasteiger partial charge in [-0.15, -0.1) is 0 Å². The van der Waals surface area contributed by atoms with Crippen LogP contribution in [0.1, 0.15) is 19.0 Å². The summed E-state index contributed by atoms with van der Waals surface area (Å²) in [6, 6.07) is -6.22. The Morgan fingerprint density at radius 1 is 1.06 bits per heavy atom. The Morgan fingerprint density at radius 2 is 1.69 bits per heavy atom. The molecule has 1 aromatic rings. The maximum Gasteiger partial charge on any atom is 0.326 e. The standard InChI is InChI=1S/C17H26N6O9/c1-7(25)13(16(30)22-11(17(31)32)2-8-4-19-6-20-8)23-15(29)10(3-12(26)27)21-14(28)9(18)5-24/h4,6-7,9-11,13,24-25H,2-3,5,18H2,1H3,(H,19,20)(H,21,28)(H,22,30)(H,23,29)(H,26,27)(H,31,32). The van der Waals surface area contributed by atoms with Gasteiger partial charge in [-0.1, -0.05) is 0 Å². The lowest BCUT2D eigenvalue weighted by Crippen LogP contribution is -2.60. The van der Waals surface area contributed by atoms with Gasteiger partial charge >= 0.3 is 11.9 Å². The van der Waals surface area contributed by atoms with Crippen LogP contribution in [0.25, 0.3) is 0 Å². The van der Waals surface area contributed by atoms with Crippen LogP contribution in [0.4, 0.5) is 0 Å². The van der Waals surface area contributed by atoms with Gasteiger partial charge in [-0.2, -0.15) is 0 Å². The van der Waals surface area contributed by atoms with Crippen LogP contribution in [-0.2, 0) is 30.4 Å². The number of H-pyrrole nitrogens is 1. The second-order valence-electron chi connectivity index (χ2n) is 6.86. The Bertz CT molecular complexity index is 813. The molecule has 15 nitrogen and oxygen atoms in total. The smallest absolute Gasteiger partial charge is 0.326 e. The van der Waals surface area contributed by atoms with Gasteiger partial charge in [0, 0.05) is 18.3 Å². The van der Waals surface area contributed by atoms with Gasteiger partial charge in [0.25, 0.3) is 0 Å². The molecule has 10 N–H and O–H groups in total. The number of carbonyl (C=O) groups excluding carboxylic acids is 3. The van der Waals surface area contributed by atoms with Crippen molar-refractivity contribution in [3.63, 3.8) is 0 Å². The summed E-state index contributed by atoms with van der Waals surface area (Å²) in [5.74, 6) is -6.08. The van der Waals surface area contributed by atoms with Crippen molar-refractivity contribution in [2.24, 2.45) is 5.73 Å². The summed E-state index contributed by atoms with van der Waals surface area (Å²) in [5, 5.41) is 43.4. The molecule has 0 aliphatic heterocycles. The first-order valence-electron chi connectivity index (χ1n) is 9.33. The number of aromatic nitrogens is 2. The van der Waals surface area contributed by atoms with Crippen molar-refractivity contribution in [3.8, 4) is 0 Å². The summed E-state index contributed by atoms with van der Waals surface area (Å²) in [5.41, 5.74) is 5.73. The van der Waals surface area contributed by atoms with Gasteiger partial charge in [0.1, 0.15) is 24.2 Å². The monoisotopic (exact) mass is 458 g/mol. The fourth-order valence-electron chi connectivity index (χ4n) is 2.48. The third kappa shape index (κ3) is 8.29. The number of aliphatic carboxylic acids is 2. The van der Waals surface area contributed by atoms with Crippen molar-refractivity contribution in [1.82, 2.24) is 25.9 Å². The van der Waals surface area contributed by atoms with Crippen LogP contribution in [0, 0.1) is 0 Å². The molecule has 0 aliphatic carbocycles. The minimum absolute atomic E-state index is 0.168. The van der Waals surface area contributed by atoms with E-state index in [0.29, 0.717) is 5.69 Å². The molecule has 0 saturated heterocycles. The molecule has 5 atom stereocenters. The van der Waals surface area contributed by atoms with Crippen molar-refractivity contribution in [2.45, 2.75) is 50.0 Å². The molecule has 0 aliphatic rings. The summed E-state index contributed by atoms with van der Waals surface area (Å²) in [7, 11) is 0. The Labute approximate surface area is 181 Å². The molecule has 0 fully saturated rings. The van der Waals surface area contributed by atoms with Gasteiger partial charge in [0.05, 0.1) is 25.5 Å². The van der Waals surface area contributed by atoms with Gasteiger partial charge in [0.15, 0.2) is 0 Å². The maximum absolute atomic E-state index is 12.6. The van der Waals surface area contributed by atoms with E-state index in [-0.39, 0.29) is 6.42 Å². The van der Waals surface area contributed by atoms with Crippen LogP contribution >= 0.6 is 0 Å². The fourth-order valence-corrected chi connectivity index (χ4v) is 2.48. The van der Waals surface area contributed by atoms with Crippen LogP contribution in [0.5, 0.6) is 0 Å². The number of aliphatic hydroxyl groups excluding tert-OH is 2. The molecule has 0 saturated carbocycles. The second kappa shape index (κ2) is 12.3. The minimum atomic E-state index is -1.69.